The van der Waals surface area contributed by atoms with E-state index in [1.807, 2.05) is 18.2 Å². The normalized spacial score (nSPS) is 11.2. The van der Waals surface area contributed by atoms with Crippen molar-refractivity contribution >= 4 is 45.3 Å². The summed E-state index contributed by atoms with van der Waals surface area (Å²) in [6.07, 6.45) is 3.22. The Kier molecular flexibility index (Phi) is 5.27. The summed E-state index contributed by atoms with van der Waals surface area (Å²) in [5.74, 6) is -1.29. The van der Waals surface area contributed by atoms with Crippen LogP contribution in [0.2, 0.25) is 5.02 Å². The topological polar surface area (TPSA) is 110 Å². The van der Waals surface area contributed by atoms with Crippen molar-refractivity contribution in [3.63, 3.8) is 0 Å². The van der Waals surface area contributed by atoms with Crippen molar-refractivity contribution in [2.24, 2.45) is 0 Å². The predicted octanol–water partition coefficient (Wildman–Crippen LogP) is 4.51. The highest BCUT2D eigenvalue weighted by molar-refractivity contribution is 6.30. The summed E-state index contributed by atoms with van der Waals surface area (Å²) >= 11 is 6.13. The maximum atomic E-state index is 13.2. The van der Waals surface area contributed by atoms with E-state index in [4.69, 9.17) is 21.2 Å². The second kappa shape index (κ2) is 8.40. The lowest BCUT2D eigenvalue weighted by atomic mass is 10.1. The van der Waals surface area contributed by atoms with Gasteiger partial charge in [0, 0.05) is 17.0 Å². The van der Waals surface area contributed by atoms with Crippen molar-refractivity contribution in [3.8, 4) is 0 Å². The molecule has 2 N–H and O–H groups in total. The molecule has 2 aromatic heterocycles. The van der Waals surface area contributed by atoms with E-state index in [0.29, 0.717) is 39.0 Å². The lowest BCUT2D eigenvalue weighted by Gasteiger charge is -2.10. The van der Waals surface area contributed by atoms with Crippen LogP contribution >= 0.6 is 11.6 Å². The summed E-state index contributed by atoms with van der Waals surface area (Å²) < 4.78 is 7.14. The number of nitrogens with zero attached hydrogens (tertiary/aromatic N) is 3. The third kappa shape index (κ3) is 4.04. The van der Waals surface area contributed by atoms with Crippen LogP contribution in [0, 0.1) is 0 Å². The highest BCUT2D eigenvalue weighted by atomic mass is 35.5. The van der Waals surface area contributed by atoms with Gasteiger partial charge in [0.2, 0.25) is 0 Å². The van der Waals surface area contributed by atoms with Crippen LogP contribution < -0.4 is 5.32 Å². The van der Waals surface area contributed by atoms with Gasteiger partial charge in [-0.05, 0) is 41.5 Å². The van der Waals surface area contributed by atoms with Crippen molar-refractivity contribution < 1.29 is 19.2 Å². The number of carbonyl (C=O) groups excluding carboxylic acids is 1. The van der Waals surface area contributed by atoms with Crippen molar-refractivity contribution in [2.75, 3.05) is 0 Å². The number of nitrogens with one attached hydrogen (secondary N) is 1. The van der Waals surface area contributed by atoms with E-state index in [-0.39, 0.29) is 18.0 Å². The van der Waals surface area contributed by atoms with E-state index in [1.165, 1.54) is 12.1 Å². The predicted molar refractivity (Wildman–Crippen MR) is 122 cm³/mol. The smallest absolute Gasteiger partial charge is 0.335 e. The number of carboxylic acids is 1. The molecule has 5 aromatic rings. The van der Waals surface area contributed by atoms with Crippen LogP contribution in [-0.4, -0.2) is 31.9 Å². The van der Waals surface area contributed by atoms with Gasteiger partial charge < -0.3 is 14.9 Å². The average molecular weight is 461 g/mol. The SMILES string of the molecule is O=C(O)c1ccc(CNC(=O)c2cc3cnoc3c3cnn(Cc4cccc(Cl)c4)c23)cc1. The van der Waals surface area contributed by atoms with Crippen molar-refractivity contribution in [1.29, 1.82) is 0 Å². The van der Waals surface area contributed by atoms with Gasteiger partial charge in [0.05, 0.1) is 41.0 Å². The second-order valence-electron chi connectivity index (χ2n) is 7.55. The molecular weight excluding hydrogens is 444 g/mol. The zero-order chi connectivity index (χ0) is 22.9. The first kappa shape index (κ1) is 20.7. The van der Waals surface area contributed by atoms with Crippen LogP contribution in [0.1, 0.15) is 31.8 Å². The molecule has 8 nitrogen and oxygen atoms in total. The van der Waals surface area contributed by atoms with Gasteiger partial charge in [-0.3, -0.25) is 9.48 Å². The Morgan fingerprint density at radius 1 is 1.06 bits per heavy atom. The first-order valence-electron chi connectivity index (χ1n) is 10.1. The molecule has 2 heterocycles. The van der Waals surface area contributed by atoms with Crippen LogP contribution in [0.5, 0.6) is 0 Å². The minimum atomic E-state index is -0.997. The third-order valence-corrected chi connectivity index (χ3v) is 5.59. The first-order chi connectivity index (χ1) is 16.0. The van der Waals surface area contributed by atoms with Gasteiger partial charge in [0.25, 0.3) is 5.91 Å². The van der Waals surface area contributed by atoms with Crippen LogP contribution in [0.3, 0.4) is 0 Å². The molecule has 3 aromatic carbocycles. The second-order valence-corrected chi connectivity index (χ2v) is 7.98. The molecule has 5 rings (SSSR count). The zero-order valence-electron chi connectivity index (χ0n) is 17.2. The van der Waals surface area contributed by atoms with Gasteiger partial charge in [-0.2, -0.15) is 5.10 Å². The van der Waals surface area contributed by atoms with Crippen LogP contribution in [-0.2, 0) is 13.1 Å². The fraction of sp³-hybridized carbons (Fsp3) is 0.0833. The summed E-state index contributed by atoms with van der Waals surface area (Å²) in [5.41, 5.74) is 3.52. The molecule has 0 atom stereocenters. The number of benzene rings is 3. The first-order valence-corrected chi connectivity index (χ1v) is 10.4. The highest BCUT2D eigenvalue weighted by Crippen LogP contribution is 2.29. The van der Waals surface area contributed by atoms with Crippen LogP contribution in [0.25, 0.3) is 21.9 Å². The number of rotatable bonds is 6. The molecule has 0 aliphatic rings. The van der Waals surface area contributed by atoms with E-state index in [2.05, 4.69) is 15.6 Å². The molecule has 33 heavy (non-hydrogen) atoms. The third-order valence-electron chi connectivity index (χ3n) is 5.36. The highest BCUT2D eigenvalue weighted by Gasteiger charge is 2.20. The molecule has 0 bridgehead atoms. The van der Waals surface area contributed by atoms with Crippen molar-refractivity contribution in [3.05, 3.63) is 94.3 Å². The Labute approximate surface area is 192 Å². The Morgan fingerprint density at radius 3 is 2.64 bits per heavy atom. The van der Waals surface area contributed by atoms with Crippen LogP contribution in [0.4, 0.5) is 0 Å². The molecule has 0 saturated carbocycles. The lowest BCUT2D eigenvalue weighted by molar-refractivity contribution is 0.0696. The maximum absolute atomic E-state index is 13.2. The Bertz CT molecular complexity index is 1500. The Morgan fingerprint density at radius 2 is 1.88 bits per heavy atom. The minimum absolute atomic E-state index is 0.189. The number of aromatic carboxylic acids is 1. The van der Waals surface area contributed by atoms with E-state index < -0.39 is 5.97 Å². The fourth-order valence-corrected chi connectivity index (χ4v) is 3.97. The largest absolute Gasteiger partial charge is 0.478 e. The molecule has 0 unspecified atom stereocenters. The standard InChI is InChI=1S/C24H17ClN4O4/c25-18-3-1-2-15(8-18)13-29-21-19(9-17-11-28-33-22(17)20(21)12-27-29)23(30)26-10-14-4-6-16(7-5-14)24(31)32/h1-9,11-12H,10,13H2,(H,26,30)(H,31,32). The molecule has 0 saturated heterocycles. The molecule has 0 aliphatic carbocycles. The number of hydrogen-bond acceptors (Lipinski definition) is 5. The van der Waals surface area contributed by atoms with Gasteiger partial charge in [0.1, 0.15) is 0 Å². The fourth-order valence-electron chi connectivity index (χ4n) is 3.76. The summed E-state index contributed by atoms with van der Waals surface area (Å²) in [4.78, 5) is 24.2. The molecule has 0 fully saturated rings. The number of amides is 1. The summed E-state index contributed by atoms with van der Waals surface area (Å²) in [6, 6.07) is 15.5. The quantitative estimate of drug-likeness (QED) is 0.386. The van der Waals surface area contributed by atoms with E-state index in [9.17, 15) is 9.59 Å². The molecule has 1 amide bonds. The molecular formula is C24H17ClN4O4. The van der Waals surface area contributed by atoms with Crippen LogP contribution in [0.15, 0.2) is 71.5 Å². The van der Waals surface area contributed by atoms with E-state index in [1.54, 1.807) is 41.3 Å². The Balaban J connectivity index is 1.49. The summed E-state index contributed by atoms with van der Waals surface area (Å²) in [6.45, 7) is 0.658. The average Bonchev–Trinajstić information content (AvgIpc) is 3.44. The number of halogens is 1. The number of carboxylic acid groups (broad SMARTS) is 1. The Hall–Kier alpha value is -4.17. The maximum Gasteiger partial charge on any atom is 0.335 e. The van der Waals surface area contributed by atoms with Gasteiger partial charge in [0.15, 0.2) is 5.58 Å². The summed E-state index contributed by atoms with van der Waals surface area (Å²) in [5, 5.41) is 22.3. The molecule has 164 valence electrons. The van der Waals surface area contributed by atoms with Gasteiger partial charge in [-0.25, -0.2) is 4.79 Å². The van der Waals surface area contributed by atoms with E-state index in [0.717, 1.165) is 11.1 Å². The minimum Gasteiger partial charge on any atom is -0.478 e. The van der Waals surface area contributed by atoms with Gasteiger partial charge in [-0.1, -0.05) is 41.0 Å². The lowest BCUT2D eigenvalue weighted by Crippen LogP contribution is -2.23. The molecule has 0 aliphatic heterocycles. The zero-order valence-corrected chi connectivity index (χ0v) is 17.9. The molecule has 0 radical (unpaired) electrons. The number of hydrogen-bond donors (Lipinski definition) is 2. The summed E-state index contributed by atoms with van der Waals surface area (Å²) in [7, 11) is 0. The van der Waals surface area contributed by atoms with E-state index >= 15 is 0 Å². The monoisotopic (exact) mass is 460 g/mol. The number of aromatic nitrogens is 3. The van der Waals surface area contributed by atoms with Crippen molar-refractivity contribution in [1.82, 2.24) is 20.3 Å². The number of carbonyl (C=O) groups is 2. The van der Waals surface area contributed by atoms with Gasteiger partial charge in [-0.15, -0.1) is 0 Å². The molecule has 9 heteroatoms. The molecule has 0 spiro atoms. The van der Waals surface area contributed by atoms with Gasteiger partial charge >= 0.3 is 5.97 Å². The van der Waals surface area contributed by atoms with Crippen molar-refractivity contribution in [2.45, 2.75) is 13.1 Å². The number of fused-ring (bicyclic) bond motifs is 3.